The normalized spacial score (nSPS) is 11.9. The molecule has 1 heterocycles. The van der Waals surface area contributed by atoms with Crippen LogP contribution in [0.4, 0.5) is 0 Å². The van der Waals surface area contributed by atoms with Crippen molar-refractivity contribution >= 4 is 17.6 Å². The Balaban J connectivity index is 1.72. The number of benzene rings is 3. The number of aliphatic carboxylic acids is 1. The number of carboxylic acids is 1. The second-order valence-corrected chi connectivity index (χ2v) is 8.05. The highest BCUT2D eigenvalue weighted by Crippen LogP contribution is 2.29. The molecule has 1 unspecified atom stereocenters. The zero-order valence-electron chi connectivity index (χ0n) is 17.2. The van der Waals surface area contributed by atoms with Gasteiger partial charge in [-0.1, -0.05) is 90.0 Å². The lowest BCUT2D eigenvalue weighted by molar-refractivity contribution is -0.138. The SMILES string of the molecule is Cc1ccc(-c2cc(CC(C(=O)O)c3ccccc3Cl)nn2Cc2ccccc2)cc1. The number of nitrogens with zero attached hydrogens (tertiary/aromatic N) is 2. The van der Waals surface area contributed by atoms with Crippen molar-refractivity contribution in [2.75, 3.05) is 0 Å². The largest absolute Gasteiger partial charge is 0.481 e. The van der Waals surface area contributed by atoms with E-state index in [0.29, 0.717) is 17.1 Å². The van der Waals surface area contributed by atoms with E-state index in [1.807, 2.05) is 35.0 Å². The molecule has 31 heavy (non-hydrogen) atoms. The molecule has 1 aromatic heterocycles. The van der Waals surface area contributed by atoms with Gasteiger partial charge in [-0.05, 0) is 35.7 Å². The Kier molecular flexibility index (Phi) is 6.19. The molecule has 0 amide bonds. The molecule has 4 rings (SSSR count). The number of hydrogen-bond donors (Lipinski definition) is 1. The minimum Gasteiger partial charge on any atom is -0.481 e. The van der Waals surface area contributed by atoms with Crippen LogP contribution in [0.2, 0.25) is 5.02 Å². The first kappa shape index (κ1) is 20.9. The first-order valence-electron chi connectivity index (χ1n) is 10.2. The summed E-state index contributed by atoms with van der Waals surface area (Å²) in [7, 11) is 0. The second kappa shape index (κ2) is 9.19. The van der Waals surface area contributed by atoms with Gasteiger partial charge in [-0.3, -0.25) is 9.48 Å². The molecule has 0 saturated heterocycles. The maximum Gasteiger partial charge on any atom is 0.311 e. The average molecular weight is 431 g/mol. The van der Waals surface area contributed by atoms with Gasteiger partial charge in [0.1, 0.15) is 0 Å². The number of carbonyl (C=O) groups is 1. The summed E-state index contributed by atoms with van der Waals surface area (Å²) in [6, 6.07) is 27.5. The molecule has 1 N–H and O–H groups in total. The molecule has 0 fully saturated rings. The molecule has 0 spiro atoms. The Morgan fingerprint density at radius 2 is 1.68 bits per heavy atom. The fourth-order valence-electron chi connectivity index (χ4n) is 3.70. The third-order valence-electron chi connectivity index (χ3n) is 5.35. The van der Waals surface area contributed by atoms with Crippen molar-refractivity contribution < 1.29 is 9.90 Å². The lowest BCUT2D eigenvalue weighted by Gasteiger charge is -2.13. The molecule has 4 aromatic rings. The zero-order valence-corrected chi connectivity index (χ0v) is 18.0. The van der Waals surface area contributed by atoms with Crippen LogP contribution in [0.25, 0.3) is 11.3 Å². The molecular weight excluding hydrogens is 408 g/mol. The minimum atomic E-state index is -0.914. The van der Waals surface area contributed by atoms with E-state index in [-0.39, 0.29) is 6.42 Å². The molecule has 0 aliphatic heterocycles. The van der Waals surface area contributed by atoms with E-state index in [1.165, 1.54) is 5.56 Å². The second-order valence-electron chi connectivity index (χ2n) is 7.65. The molecule has 0 aliphatic rings. The summed E-state index contributed by atoms with van der Waals surface area (Å²) in [6.07, 6.45) is 0.264. The molecule has 0 saturated carbocycles. The first-order chi connectivity index (χ1) is 15.0. The number of halogens is 1. The molecule has 3 aromatic carbocycles. The van der Waals surface area contributed by atoms with Crippen LogP contribution in [0.3, 0.4) is 0 Å². The van der Waals surface area contributed by atoms with Gasteiger partial charge in [-0.25, -0.2) is 0 Å². The fraction of sp³-hybridized carbons (Fsp3) is 0.154. The highest BCUT2D eigenvalue weighted by Gasteiger charge is 2.24. The van der Waals surface area contributed by atoms with Crippen LogP contribution in [0, 0.1) is 6.92 Å². The van der Waals surface area contributed by atoms with E-state index < -0.39 is 11.9 Å². The van der Waals surface area contributed by atoms with Gasteiger partial charge in [0, 0.05) is 11.4 Å². The highest BCUT2D eigenvalue weighted by atomic mass is 35.5. The average Bonchev–Trinajstić information content (AvgIpc) is 3.16. The van der Waals surface area contributed by atoms with Gasteiger partial charge in [-0.2, -0.15) is 5.10 Å². The van der Waals surface area contributed by atoms with Crippen LogP contribution < -0.4 is 0 Å². The van der Waals surface area contributed by atoms with E-state index in [9.17, 15) is 9.90 Å². The van der Waals surface area contributed by atoms with Gasteiger partial charge in [0.15, 0.2) is 0 Å². The minimum absolute atomic E-state index is 0.264. The van der Waals surface area contributed by atoms with E-state index in [1.54, 1.807) is 18.2 Å². The number of carboxylic acid groups (broad SMARTS) is 1. The standard InChI is InChI=1S/C26H23ClN2O2/c1-18-11-13-20(14-12-18)25-16-21(28-29(25)17-19-7-3-2-4-8-19)15-23(26(30)31)22-9-5-6-10-24(22)27/h2-14,16,23H,15,17H2,1H3,(H,30,31). The monoisotopic (exact) mass is 430 g/mol. The van der Waals surface area contributed by atoms with Crippen molar-refractivity contribution in [2.45, 2.75) is 25.8 Å². The number of hydrogen-bond acceptors (Lipinski definition) is 2. The molecule has 0 radical (unpaired) electrons. The van der Waals surface area contributed by atoms with Crippen LogP contribution in [0.1, 0.15) is 28.3 Å². The van der Waals surface area contributed by atoms with Crippen LogP contribution in [-0.2, 0) is 17.8 Å². The molecule has 156 valence electrons. The van der Waals surface area contributed by atoms with E-state index in [0.717, 1.165) is 22.5 Å². The maximum atomic E-state index is 12.1. The summed E-state index contributed by atoms with van der Waals surface area (Å²) in [4.78, 5) is 12.1. The van der Waals surface area contributed by atoms with Crippen molar-refractivity contribution in [1.82, 2.24) is 9.78 Å². The zero-order chi connectivity index (χ0) is 21.8. The summed E-state index contributed by atoms with van der Waals surface area (Å²) >= 11 is 6.29. The van der Waals surface area contributed by atoms with Gasteiger partial charge >= 0.3 is 5.97 Å². The number of aromatic nitrogens is 2. The predicted molar refractivity (Wildman–Crippen MR) is 123 cm³/mol. The van der Waals surface area contributed by atoms with Crippen molar-refractivity contribution in [1.29, 1.82) is 0 Å². The van der Waals surface area contributed by atoms with Gasteiger partial charge in [0.05, 0.1) is 23.9 Å². The Morgan fingerprint density at radius 1 is 1.00 bits per heavy atom. The summed E-state index contributed by atoms with van der Waals surface area (Å²) in [5, 5.41) is 15.1. The third kappa shape index (κ3) is 4.86. The topological polar surface area (TPSA) is 55.1 Å². The summed E-state index contributed by atoms with van der Waals surface area (Å²) in [5.74, 6) is -1.68. The third-order valence-corrected chi connectivity index (χ3v) is 5.69. The molecule has 4 nitrogen and oxygen atoms in total. The predicted octanol–water partition coefficient (Wildman–Crippen LogP) is 5.97. The smallest absolute Gasteiger partial charge is 0.311 e. The van der Waals surface area contributed by atoms with Crippen LogP contribution in [0.5, 0.6) is 0 Å². The summed E-state index contributed by atoms with van der Waals surface area (Å²) in [5.41, 5.74) is 5.64. The summed E-state index contributed by atoms with van der Waals surface area (Å²) in [6.45, 7) is 2.66. The van der Waals surface area contributed by atoms with Crippen LogP contribution >= 0.6 is 11.6 Å². The van der Waals surface area contributed by atoms with Crippen molar-refractivity contribution in [2.24, 2.45) is 0 Å². The molecule has 1 atom stereocenters. The quantitative estimate of drug-likeness (QED) is 0.393. The number of aryl methyl sites for hydroxylation is 1. The van der Waals surface area contributed by atoms with Gasteiger partial charge < -0.3 is 5.11 Å². The van der Waals surface area contributed by atoms with Crippen molar-refractivity contribution in [3.8, 4) is 11.3 Å². The van der Waals surface area contributed by atoms with Crippen LogP contribution in [-0.4, -0.2) is 20.9 Å². The lowest BCUT2D eigenvalue weighted by Crippen LogP contribution is -2.15. The highest BCUT2D eigenvalue weighted by molar-refractivity contribution is 6.31. The Hall–Kier alpha value is -3.37. The Labute approximate surface area is 186 Å². The lowest BCUT2D eigenvalue weighted by atomic mass is 9.94. The van der Waals surface area contributed by atoms with E-state index in [2.05, 4.69) is 43.3 Å². The van der Waals surface area contributed by atoms with Crippen molar-refractivity contribution in [3.63, 3.8) is 0 Å². The molecule has 0 bridgehead atoms. The number of rotatable bonds is 7. The van der Waals surface area contributed by atoms with Crippen LogP contribution in [0.15, 0.2) is 84.9 Å². The molecule has 5 heteroatoms. The fourth-order valence-corrected chi connectivity index (χ4v) is 3.97. The Bertz CT molecular complexity index is 1180. The molecular formula is C26H23ClN2O2. The maximum absolute atomic E-state index is 12.1. The van der Waals surface area contributed by atoms with Crippen molar-refractivity contribution in [3.05, 3.63) is 112 Å². The molecule has 0 aliphatic carbocycles. The van der Waals surface area contributed by atoms with Gasteiger partial charge in [0.2, 0.25) is 0 Å². The van der Waals surface area contributed by atoms with E-state index in [4.69, 9.17) is 16.7 Å². The van der Waals surface area contributed by atoms with Gasteiger partial charge in [0.25, 0.3) is 0 Å². The Morgan fingerprint density at radius 3 is 2.35 bits per heavy atom. The van der Waals surface area contributed by atoms with E-state index >= 15 is 0 Å². The van der Waals surface area contributed by atoms with Gasteiger partial charge in [-0.15, -0.1) is 0 Å². The summed E-state index contributed by atoms with van der Waals surface area (Å²) < 4.78 is 1.95. The first-order valence-corrected chi connectivity index (χ1v) is 10.5.